The second-order valence-electron chi connectivity index (χ2n) is 3.65. The van der Waals surface area contributed by atoms with E-state index in [4.69, 9.17) is 10.5 Å². The van der Waals surface area contributed by atoms with Crippen LogP contribution in [-0.4, -0.2) is 22.9 Å². The Kier molecular flexibility index (Phi) is 3.16. The fourth-order valence-corrected chi connectivity index (χ4v) is 1.75. The zero-order valence-corrected chi connectivity index (χ0v) is 8.35. The van der Waals surface area contributed by atoms with E-state index in [0.717, 1.165) is 25.1 Å². The lowest BCUT2D eigenvalue weighted by molar-refractivity contribution is -0.0396. The SMILES string of the molecule is NCCc1ccn(C2CCCCO2)n1. The lowest BCUT2D eigenvalue weighted by Crippen LogP contribution is -2.18. The number of ether oxygens (including phenoxy) is 1. The molecule has 2 rings (SSSR count). The number of rotatable bonds is 3. The molecule has 0 aliphatic carbocycles. The van der Waals surface area contributed by atoms with Gasteiger partial charge in [-0.05, 0) is 31.9 Å². The molecule has 1 fully saturated rings. The van der Waals surface area contributed by atoms with Gasteiger partial charge in [0.25, 0.3) is 0 Å². The van der Waals surface area contributed by atoms with Gasteiger partial charge >= 0.3 is 0 Å². The molecule has 1 aromatic rings. The van der Waals surface area contributed by atoms with Crippen LogP contribution in [0.2, 0.25) is 0 Å². The standard InChI is InChI=1S/C10H17N3O/c11-6-4-9-5-7-13(12-9)10-3-1-2-8-14-10/h5,7,10H,1-4,6,8,11H2. The van der Waals surface area contributed by atoms with E-state index in [1.54, 1.807) is 0 Å². The van der Waals surface area contributed by atoms with Gasteiger partial charge < -0.3 is 10.5 Å². The van der Waals surface area contributed by atoms with Crippen molar-refractivity contribution in [3.05, 3.63) is 18.0 Å². The maximum atomic E-state index is 5.62. The topological polar surface area (TPSA) is 53.1 Å². The van der Waals surface area contributed by atoms with Crippen molar-refractivity contribution in [2.45, 2.75) is 31.9 Å². The summed E-state index contributed by atoms with van der Waals surface area (Å²) in [5.74, 6) is 0. The van der Waals surface area contributed by atoms with Gasteiger partial charge in [0.1, 0.15) is 6.23 Å². The van der Waals surface area contributed by atoms with E-state index in [0.29, 0.717) is 6.54 Å². The molecule has 4 heteroatoms. The van der Waals surface area contributed by atoms with Crippen molar-refractivity contribution >= 4 is 0 Å². The van der Waals surface area contributed by atoms with Crippen LogP contribution < -0.4 is 5.73 Å². The summed E-state index contributed by atoms with van der Waals surface area (Å²) in [5, 5.41) is 4.44. The minimum absolute atomic E-state index is 0.148. The Balaban J connectivity index is 2.00. The van der Waals surface area contributed by atoms with Crippen LogP contribution >= 0.6 is 0 Å². The molecule has 1 aliphatic heterocycles. The molecule has 1 atom stereocenters. The van der Waals surface area contributed by atoms with Crippen molar-refractivity contribution in [3.8, 4) is 0 Å². The van der Waals surface area contributed by atoms with Crippen LogP contribution in [-0.2, 0) is 11.2 Å². The summed E-state index contributed by atoms with van der Waals surface area (Å²) in [7, 11) is 0. The molecular formula is C10H17N3O. The molecule has 2 heterocycles. The first-order chi connectivity index (χ1) is 6.90. The summed E-state index contributed by atoms with van der Waals surface area (Å²) in [6.45, 7) is 1.51. The van der Waals surface area contributed by atoms with Gasteiger partial charge in [-0.2, -0.15) is 5.10 Å². The van der Waals surface area contributed by atoms with E-state index in [2.05, 4.69) is 5.10 Å². The fraction of sp³-hybridized carbons (Fsp3) is 0.700. The van der Waals surface area contributed by atoms with Gasteiger partial charge in [0.2, 0.25) is 0 Å². The highest BCUT2D eigenvalue weighted by atomic mass is 16.5. The largest absolute Gasteiger partial charge is 0.357 e. The van der Waals surface area contributed by atoms with E-state index in [1.165, 1.54) is 12.8 Å². The molecule has 1 saturated heterocycles. The van der Waals surface area contributed by atoms with Crippen LogP contribution in [0.3, 0.4) is 0 Å². The lowest BCUT2D eigenvalue weighted by Gasteiger charge is -2.22. The average molecular weight is 195 g/mol. The first-order valence-electron chi connectivity index (χ1n) is 5.26. The average Bonchev–Trinajstić information content (AvgIpc) is 2.68. The van der Waals surface area contributed by atoms with E-state index >= 15 is 0 Å². The Bertz CT molecular complexity index is 279. The molecule has 0 bridgehead atoms. The minimum Gasteiger partial charge on any atom is -0.357 e. The Morgan fingerprint density at radius 2 is 2.50 bits per heavy atom. The Hall–Kier alpha value is -0.870. The number of aromatic nitrogens is 2. The molecule has 78 valence electrons. The smallest absolute Gasteiger partial charge is 0.150 e. The third kappa shape index (κ3) is 2.13. The maximum absolute atomic E-state index is 5.62. The fourth-order valence-electron chi connectivity index (χ4n) is 1.75. The van der Waals surface area contributed by atoms with Crippen molar-refractivity contribution in [2.24, 2.45) is 5.73 Å². The quantitative estimate of drug-likeness (QED) is 0.785. The van der Waals surface area contributed by atoms with Gasteiger partial charge in [-0.3, -0.25) is 0 Å². The van der Waals surface area contributed by atoms with Crippen LogP contribution in [0.5, 0.6) is 0 Å². The molecule has 1 aromatic heterocycles. The van der Waals surface area contributed by atoms with Crippen LogP contribution in [0.4, 0.5) is 0 Å². The van der Waals surface area contributed by atoms with Crippen LogP contribution in [0.1, 0.15) is 31.2 Å². The van der Waals surface area contributed by atoms with Crippen molar-refractivity contribution in [1.82, 2.24) is 9.78 Å². The molecule has 0 radical (unpaired) electrons. The molecule has 0 saturated carbocycles. The van der Waals surface area contributed by atoms with Crippen molar-refractivity contribution in [1.29, 1.82) is 0 Å². The summed E-state index contributed by atoms with van der Waals surface area (Å²) >= 11 is 0. The summed E-state index contributed by atoms with van der Waals surface area (Å²) in [6, 6.07) is 2.02. The normalized spacial score (nSPS) is 22.5. The summed E-state index contributed by atoms with van der Waals surface area (Å²) in [5.41, 5.74) is 6.52. The Morgan fingerprint density at radius 3 is 3.21 bits per heavy atom. The molecule has 0 spiro atoms. The van der Waals surface area contributed by atoms with Crippen LogP contribution in [0.15, 0.2) is 12.3 Å². The van der Waals surface area contributed by atoms with Crippen LogP contribution in [0.25, 0.3) is 0 Å². The lowest BCUT2D eigenvalue weighted by atomic mass is 10.2. The van der Waals surface area contributed by atoms with E-state index in [-0.39, 0.29) is 6.23 Å². The summed E-state index contributed by atoms with van der Waals surface area (Å²) in [6.07, 6.45) is 6.46. The highest BCUT2D eigenvalue weighted by molar-refractivity contribution is 4.99. The third-order valence-electron chi connectivity index (χ3n) is 2.51. The summed E-state index contributed by atoms with van der Waals surface area (Å²) < 4.78 is 7.55. The molecule has 0 aromatic carbocycles. The highest BCUT2D eigenvalue weighted by Crippen LogP contribution is 2.21. The Morgan fingerprint density at radius 1 is 1.57 bits per heavy atom. The zero-order valence-electron chi connectivity index (χ0n) is 8.35. The molecule has 4 nitrogen and oxygen atoms in total. The molecule has 2 N–H and O–H groups in total. The van der Waals surface area contributed by atoms with Gasteiger partial charge in [-0.15, -0.1) is 0 Å². The molecule has 1 unspecified atom stereocenters. The number of hydrogen-bond donors (Lipinski definition) is 1. The third-order valence-corrected chi connectivity index (χ3v) is 2.51. The number of nitrogens with two attached hydrogens (primary N) is 1. The maximum Gasteiger partial charge on any atom is 0.150 e. The number of hydrogen-bond acceptors (Lipinski definition) is 3. The zero-order chi connectivity index (χ0) is 9.80. The van der Waals surface area contributed by atoms with E-state index in [9.17, 15) is 0 Å². The molecule has 1 aliphatic rings. The van der Waals surface area contributed by atoms with E-state index in [1.807, 2.05) is 16.9 Å². The van der Waals surface area contributed by atoms with Gasteiger partial charge in [0, 0.05) is 19.2 Å². The van der Waals surface area contributed by atoms with Crippen molar-refractivity contribution in [3.63, 3.8) is 0 Å². The molecular weight excluding hydrogens is 178 g/mol. The van der Waals surface area contributed by atoms with Crippen LogP contribution in [0, 0.1) is 0 Å². The van der Waals surface area contributed by atoms with Crippen molar-refractivity contribution < 1.29 is 4.74 Å². The van der Waals surface area contributed by atoms with Gasteiger partial charge in [0.05, 0.1) is 5.69 Å². The second kappa shape index (κ2) is 4.57. The van der Waals surface area contributed by atoms with Gasteiger partial charge in [-0.1, -0.05) is 0 Å². The van der Waals surface area contributed by atoms with Gasteiger partial charge in [0.15, 0.2) is 0 Å². The number of nitrogens with zero attached hydrogens (tertiary/aromatic N) is 2. The molecule has 0 amide bonds. The first-order valence-corrected chi connectivity index (χ1v) is 5.26. The molecule has 14 heavy (non-hydrogen) atoms. The monoisotopic (exact) mass is 195 g/mol. The summed E-state index contributed by atoms with van der Waals surface area (Å²) in [4.78, 5) is 0. The second-order valence-corrected chi connectivity index (χ2v) is 3.65. The van der Waals surface area contributed by atoms with E-state index < -0.39 is 0 Å². The highest BCUT2D eigenvalue weighted by Gasteiger charge is 2.15. The Labute approximate surface area is 84.0 Å². The van der Waals surface area contributed by atoms with Gasteiger partial charge in [-0.25, -0.2) is 4.68 Å². The predicted octanol–water partition coefficient (Wildman–Crippen LogP) is 1.08. The minimum atomic E-state index is 0.148. The predicted molar refractivity (Wildman–Crippen MR) is 53.8 cm³/mol. The first kappa shape index (κ1) is 9.68. The van der Waals surface area contributed by atoms with Crippen molar-refractivity contribution in [2.75, 3.05) is 13.2 Å².